The first-order chi connectivity index (χ1) is 12.2. The fourth-order valence-electron chi connectivity index (χ4n) is 2.93. The Morgan fingerprint density at radius 1 is 1.12 bits per heavy atom. The van der Waals surface area contributed by atoms with Crippen molar-refractivity contribution in [2.75, 3.05) is 25.5 Å². The molecule has 25 heavy (non-hydrogen) atoms. The molecule has 1 fully saturated rings. The van der Waals surface area contributed by atoms with Crippen LogP contribution in [-0.4, -0.2) is 41.2 Å². The second-order valence-corrected chi connectivity index (χ2v) is 7.29. The van der Waals surface area contributed by atoms with E-state index >= 15 is 0 Å². The van der Waals surface area contributed by atoms with E-state index in [0.717, 1.165) is 30.4 Å². The summed E-state index contributed by atoms with van der Waals surface area (Å²) in [5, 5.41) is 12.4. The summed E-state index contributed by atoms with van der Waals surface area (Å²) in [6.45, 7) is 2.99. The molecule has 1 aromatic carbocycles. The lowest BCUT2D eigenvalue weighted by molar-refractivity contribution is 0.102. The van der Waals surface area contributed by atoms with Gasteiger partial charge in [-0.2, -0.15) is 0 Å². The minimum absolute atomic E-state index is 0.221. The number of benzene rings is 1. The quantitative estimate of drug-likeness (QED) is 0.883. The maximum Gasteiger partial charge on any atom is 0.286 e. The molecule has 1 saturated heterocycles. The number of anilines is 1. The average Bonchev–Trinajstić information content (AvgIpc) is 3.06. The third-order valence-electron chi connectivity index (χ3n) is 4.32. The molecule has 1 aromatic heterocycles. The van der Waals surface area contributed by atoms with Crippen molar-refractivity contribution in [3.63, 3.8) is 0 Å². The van der Waals surface area contributed by atoms with E-state index in [1.54, 1.807) is 19.2 Å². The standard InChI is InChI=1S/C18H24N4O2S/c1-24-15-9-7-14(8-10-15)19-17(23)18-21-20-16(25-18)13-22-11-5-3-2-4-6-12-22/h7-10H,2-6,11-13H2,1H3,(H,19,23). The van der Waals surface area contributed by atoms with E-state index in [-0.39, 0.29) is 5.91 Å². The number of carbonyl (C=O) groups excluding carboxylic acids is 1. The molecule has 0 aliphatic carbocycles. The van der Waals surface area contributed by atoms with Gasteiger partial charge in [-0.1, -0.05) is 30.6 Å². The predicted octanol–water partition coefficient (Wildman–Crippen LogP) is 3.57. The number of carbonyl (C=O) groups is 1. The molecule has 0 atom stereocenters. The Morgan fingerprint density at radius 2 is 1.80 bits per heavy atom. The number of ether oxygens (including phenoxy) is 1. The van der Waals surface area contributed by atoms with E-state index in [0.29, 0.717) is 10.7 Å². The fourth-order valence-corrected chi connectivity index (χ4v) is 3.71. The number of aromatic nitrogens is 2. The average molecular weight is 360 g/mol. The van der Waals surface area contributed by atoms with Gasteiger partial charge in [-0.05, 0) is 50.2 Å². The number of nitrogens with zero attached hydrogens (tertiary/aromatic N) is 3. The zero-order chi connectivity index (χ0) is 17.5. The van der Waals surface area contributed by atoms with Crippen LogP contribution in [0, 0.1) is 0 Å². The minimum Gasteiger partial charge on any atom is -0.497 e. The van der Waals surface area contributed by atoms with Crippen molar-refractivity contribution in [3.8, 4) is 5.75 Å². The van der Waals surface area contributed by atoms with Crippen LogP contribution in [0.25, 0.3) is 0 Å². The summed E-state index contributed by atoms with van der Waals surface area (Å²) in [7, 11) is 1.61. The lowest BCUT2D eigenvalue weighted by atomic mass is 10.1. The molecule has 0 spiro atoms. The van der Waals surface area contributed by atoms with E-state index in [2.05, 4.69) is 20.4 Å². The third kappa shape index (κ3) is 5.24. The van der Waals surface area contributed by atoms with Crippen LogP contribution >= 0.6 is 11.3 Å². The van der Waals surface area contributed by atoms with Gasteiger partial charge in [-0.25, -0.2) is 0 Å². The van der Waals surface area contributed by atoms with Crippen LogP contribution < -0.4 is 10.1 Å². The van der Waals surface area contributed by atoms with Crippen LogP contribution in [0.4, 0.5) is 5.69 Å². The van der Waals surface area contributed by atoms with Gasteiger partial charge in [-0.3, -0.25) is 9.69 Å². The molecule has 7 heteroatoms. The number of nitrogens with one attached hydrogen (secondary N) is 1. The van der Waals surface area contributed by atoms with Gasteiger partial charge >= 0.3 is 0 Å². The van der Waals surface area contributed by atoms with E-state index in [1.165, 1.54) is 43.4 Å². The van der Waals surface area contributed by atoms with Crippen LogP contribution in [0.5, 0.6) is 5.75 Å². The highest BCUT2D eigenvalue weighted by Gasteiger charge is 2.16. The highest BCUT2D eigenvalue weighted by Crippen LogP contribution is 2.19. The Labute approximate surface area is 152 Å². The van der Waals surface area contributed by atoms with Crippen LogP contribution in [0.1, 0.15) is 46.9 Å². The van der Waals surface area contributed by atoms with Crippen molar-refractivity contribution in [2.45, 2.75) is 38.6 Å². The summed E-state index contributed by atoms with van der Waals surface area (Å²) in [6, 6.07) is 7.23. The summed E-state index contributed by atoms with van der Waals surface area (Å²) >= 11 is 1.37. The smallest absolute Gasteiger partial charge is 0.286 e. The Hall–Kier alpha value is -1.99. The summed E-state index contributed by atoms with van der Waals surface area (Å²) in [5.74, 6) is 0.533. The topological polar surface area (TPSA) is 67.3 Å². The zero-order valence-corrected chi connectivity index (χ0v) is 15.3. The number of rotatable bonds is 5. The monoisotopic (exact) mass is 360 g/mol. The van der Waals surface area contributed by atoms with Gasteiger partial charge in [0.2, 0.25) is 5.01 Å². The van der Waals surface area contributed by atoms with E-state index in [9.17, 15) is 4.79 Å². The van der Waals surface area contributed by atoms with Crippen molar-refractivity contribution in [1.29, 1.82) is 0 Å². The van der Waals surface area contributed by atoms with Gasteiger partial charge in [0, 0.05) is 5.69 Å². The molecule has 2 heterocycles. The second-order valence-electron chi connectivity index (χ2n) is 6.23. The molecule has 1 aliphatic rings. The lowest BCUT2D eigenvalue weighted by Gasteiger charge is -2.22. The molecule has 1 aliphatic heterocycles. The number of methoxy groups -OCH3 is 1. The second kappa shape index (κ2) is 8.92. The first-order valence-corrected chi connectivity index (χ1v) is 9.56. The third-order valence-corrected chi connectivity index (χ3v) is 5.22. The van der Waals surface area contributed by atoms with E-state index in [4.69, 9.17) is 4.74 Å². The van der Waals surface area contributed by atoms with Gasteiger partial charge in [-0.15, -0.1) is 10.2 Å². The highest BCUT2D eigenvalue weighted by molar-refractivity contribution is 7.13. The van der Waals surface area contributed by atoms with E-state index < -0.39 is 0 Å². The minimum atomic E-state index is -0.221. The summed E-state index contributed by atoms with van der Waals surface area (Å²) in [5.41, 5.74) is 0.714. The van der Waals surface area contributed by atoms with Crippen molar-refractivity contribution < 1.29 is 9.53 Å². The maximum atomic E-state index is 12.3. The number of hydrogen-bond acceptors (Lipinski definition) is 6. The Bertz CT molecular complexity index is 679. The molecule has 134 valence electrons. The molecular formula is C18H24N4O2S. The van der Waals surface area contributed by atoms with Crippen LogP contribution in [0.2, 0.25) is 0 Å². The van der Waals surface area contributed by atoms with Gasteiger partial charge in [0.25, 0.3) is 5.91 Å². The van der Waals surface area contributed by atoms with Gasteiger partial charge in [0.15, 0.2) is 0 Å². The van der Waals surface area contributed by atoms with Crippen molar-refractivity contribution in [3.05, 3.63) is 34.3 Å². The van der Waals surface area contributed by atoms with Crippen molar-refractivity contribution >= 4 is 22.9 Å². The molecule has 0 unspecified atom stereocenters. The molecule has 1 N–H and O–H groups in total. The first-order valence-electron chi connectivity index (χ1n) is 8.75. The van der Waals surface area contributed by atoms with Crippen LogP contribution in [-0.2, 0) is 6.54 Å². The molecule has 2 aromatic rings. The summed E-state index contributed by atoms with van der Waals surface area (Å²) in [6.07, 6.45) is 6.44. The van der Waals surface area contributed by atoms with Gasteiger partial charge < -0.3 is 10.1 Å². The first kappa shape index (κ1) is 17.8. The largest absolute Gasteiger partial charge is 0.497 e. The Balaban J connectivity index is 1.56. The lowest BCUT2D eigenvalue weighted by Crippen LogP contribution is -2.26. The Morgan fingerprint density at radius 3 is 2.48 bits per heavy atom. The van der Waals surface area contributed by atoms with Crippen LogP contribution in [0.15, 0.2) is 24.3 Å². The highest BCUT2D eigenvalue weighted by atomic mass is 32.1. The van der Waals surface area contributed by atoms with Gasteiger partial charge in [0.05, 0.1) is 13.7 Å². The molecule has 1 amide bonds. The molecule has 0 radical (unpaired) electrons. The molecule has 6 nitrogen and oxygen atoms in total. The predicted molar refractivity (Wildman–Crippen MR) is 99.2 cm³/mol. The number of likely N-dealkylation sites (tertiary alicyclic amines) is 1. The van der Waals surface area contributed by atoms with Crippen molar-refractivity contribution in [2.24, 2.45) is 0 Å². The molecule has 0 saturated carbocycles. The Kier molecular flexibility index (Phi) is 6.36. The fraction of sp³-hybridized carbons (Fsp3) is 0.500. The van der Waals surface area contributed by atoms with Crippen molar-refractivity contribution in [1.82, 2.24) is 15.1 Å². The maximum absolute atomic E-state index is 12.3. The number of amides is 1. The SMILES string of the molecule is COc1ccc(NC(=O)c2nnc(CN3CCCCCCC3)s2)cc1. The number of hydrogen-bond donors (Lipinski definition) is 1. The molecular weight excluding hydrogens is 336 g/mol. The normalized spacial score (nSPS) is 16.0. The van der Waals surface area contributed by atoms with Gasteiger partial charge in [0.1, 0.15) is 10.8 Å². The zero-order valence-electron chi connectivity index (χ0n) is 14.5. The summed E-state index contributed by atoms with van der Waals surface area (Å²) < 4.78 is 5.11. The van der Waals surface area contributed by atoms with E-state index in [1.807, 2.05) is 12.1 Å². The summed E-state index contributed by atoms with van der Waals surface area (Å²) in [4.78, 5) is 14.7. The van der Waals surface area contributed by atoms with Crippen LogP contribution in [0.3, 0.4) is 0 Å². The molecule has 0 bridgehead atoms. The molecule has 3 rings (SSSR count).